The molecule has 1 aliphatic carbocycles. The van der Waals surface area contributed by atoms with Crippen molar-refractivity contribution in [3.05, 3.63) is 47.0 Å². The molecule has 2 fully saturated rings. The number of nitrogens with zero attached hydrogens (tertiary/aromatic N) is 1. The van der Waals surface area contributed by atoms with Crippen LogP contribution < -0.4 is 5.48 Å². The van der Waals surface area contributed by atoms with Crippen molar-refractivity contribution in [3.8, 4) is 0 Å². The molecule has 1 aromatic rings. The number of nitrogens with one attached hydrogen (secondary N) is 1. The minimum Gasteiger partial charge on any atom is -0.512 e. The molecule has 0 aromatic heterocycles. The Bertz CT molecular complexity index is 782. The Labute approximate surface area is 187 Å². The number of benzene rings is 1. The number of rotatable bonds is 6. The number of ketones is 1. The number of halogens is 1. The number of thioether (sulfide) groups is 1. The summed E-state index contributed by atoms with van der Waals surface area (Å²) in [6.07, 6.45) is 4.36. The average Bonchev–Trinajstić information content (AvgIpc) is 3.02. The van der Waals surface area contributed by atoms with Gasteiger partial charge in [0.1, 0.15) is 12.0 Å². The molecule has 3 unspecified atom stereocenters. The van der Waals surface area contributed by atoms with Crippen LogP contribution in [0.4, 0.5) is 4.39 Å². The second kappa shape index (κ2) is 10.9. The normalized spacial score (nSPS) is 28.5. The molecule has 0 bridgehead atoms. The van der Waals surface area contributed by atoms with E-state index in [4.69, 9.17) is 9.68 Å². The van der Waals surface area contributed by atoms with Crippen molar-refractivity contribution < 1.29 is 24.0 Å². The molecule has 4 rings (SSSR count). The lowest BCUT2D eigenvalue weighted by atomic mass is 9.77. The summed E-state index contributed by atoms with van der Waals surface area (Å²) in [6, 6.07) is 6.21. The van der Waals surface area contributed by atoms with Crippen LogP contribution in [-0.2, 0) is 14.5 Å². The summed E-state index contributed by atoms with van der Waals surface area (Å²) in [4.78, 5) is 24.0. The van der Waals surface area contributed by atoms with E-state index in [1.165, 1.54) is 30.7 Å². The van der Waals surface area contributed by atoms with Gasteiger partial charge in [-0.1, -0.05) is 12.1 Å². The van der Waals surface area contributed by atoms with E-state index in [0.29, 0.717) is 56.9 Å². The molecule has 2 heterocycles. The maximum atomic E-state index is 13.3. The molecule has 6 nitrogen and oxygen atoms in total. The van der Waals surface area contributed by atoms with Gasteiger partial charge in [0.25, 0.3) is 0 Å². The van der Waals surface area contributed by atoms with Crippen molar-refractivity contribution in [2.45, 2.75) is 44.7 Å². The van der Waals surface area contributed by atoms with Crippen LogP contribution in [0.25, 0.3) is 0 Å². The molecular weight excluding hydrogens is 419 g/mol. The third-order valence-corrected chi connectivity index (χ3v) is 7.61. The fourth-order valence-electron chi connectivity index (χ4n) is 4.67. The first-order valence-corrected chi connectivity index (χ1v) is 12.3. The smallest absolute Gasteiger partial charge is 0.162 e. The number of Topliss-reactive ketones (excluding diaryl/α,β-unsaturated/α-hetero) is 1. The van der Waals surface area contributed by atoms with E-state index in [1.54, 1.807) is 17.2 Å². The van der Waals surface area contributed by atoms with Crippen LogP contribution in [0.15, 0.2) is 35.6 Å². The van der Waals surface area contributed by atoms with Crippen LogP contribution >= 0.6 is 11.8 Å². The van der Waals surface area contributed by atoms with Gasteiger partial charge in [-0.2, -0.15) is 22.3 Å². The fourth-order valence-corrected chi connectivity index (χ4v) is 5.95. The lowest BCUT2D eigenvalue weighted by Gasteiger charge is -2.33. The van der Waals surface area contributed by atoms with Gasteiger partial charge in [-0.3, -0.25) is 14.5 Å². The van der Waals surface area contributed by atoms with E-state index < -0.39 is 0 Å². The Kier molecular flexibility index (Phi) is 8.01. The Morgan fingerprint density at radius 2 is 2.03 bits per heavy atom. The minimum absolute atomic E-state index is 0.0950. The zero-order valence-corrected chi connectivity index (χ0v) is 18.5. The summed E-state index contributed by atoms with van der Waals surface area (Å²) in [7, 11) is 0. The van der Waals surface area contributed by atoms with Crippen molar-refractivity contribution >= 4 is 17.5 Å². The van der Waals surface area contributed by atoms with Gasteiger partial charge in [0.15, 0.2) is 5.78 Å². The van der Waals surface area contributed by atoms with E-state index in [9.17, 15) is 14.3 Å². The predicted molar refractivity (Wildman–Crippen MR) is 118 cm³/mol. The zero-order chi connectivity index (χ0) is 21.6. The number of carbonyl (C=O) groups is 1. The van der Waals surface area contributed by atoms with Gasteiger partial charge in [-0.15, -0.1) is 0 Å². The summed E-state index contributed by atoms with van der Waals surface area (Å²) in [6.45, 7) is 1.35. The van der Waals surface area contributed by atoms with Gasteiger partial charge in [-0.25, -0.2) is 4.39 Å². The van der Waals surface area contributed by atoms with E-state index in [-0.39, 0.29) is 29.4 Å². The van der Waals surface area contributed by atoms with E-state index >= 15 is 0 Å². The molecule has 8 heteroatoms. The highest BCUT2D eigenvalue weighted by Crippen LogP contribution is 2.38. The number of aliphatic hydroxyl groups is 1. The Morgan fingerprint density at radius 1 is 1.19 bits per heavy atom. The Hall–Kier alpha value is -1.45. The van der Waals surface area contributed by atoms with Crippen molar-refractivity contribution in [1.29, 1.82) is 0 Å². The van der Waals surface area contributed by atoms with Crippen LogP contribution in [0, 0.1) is 17.7 Å². The van der Waals surface area contributed by atoms with Crippen LogP contribution in [0.1, 0.15) is 50.3 Å². The number of hydroxylamine groups is 3. The number of hydrogen-bond donors (Lipinski definition) is 2. The van der Waals surface area contributed by atoms with E-state index in [2.05, 4.69) is 5.48 Å². The molecule has 0 saturated carbocycles. The highest BCUT2D eigenvalue weighted by atomic mass is 32.2. The van der Waals surface area contributed by atoms with Gasteiger partial charge >= 0.3 is 0 Å². The summed E-state index contributed by atoms with van der Waals surface area (Å²) in [5, 5.41) is 12.4. The molecule has 3 atom stereocenters. The fraction of sp³-hybridized carbons (Fsp3) is 0.609. The molecule has 0 spiro atoms. The molecule has 0 radical (unpaired) electrons. The van der Waals surface area contributed by atoms with Gasteiger partial charge in [0.2, 0.25) is 0 Å². The minimum atomic E-state index is -0.374. The topological polar surface area (TPSA) is 71.0 Å². The van der Waals surface area contributed by atoms with Gasteiger partial charge in [-0.05, 0) is 66.7 Å². The number of carbonyl (C=O) groups excluding carboxylic acids is 1. The quantitative estimate of drug-likeness (QED) is 0.669. The number of hydrogen-bond acceptors (Lipinski definition) is 7. The first-order chi connectivity index (χ1) is 15.1. The van der Waals surface area contributed by atoms with E-state index in [0.717, 1.165) is 11.3 Å². The summed E-state index contributed by atoms with van der Waals surface area (Å²) < 4.78 is 13.3. The third kappa shape index (κ3) is 5.87. The molecule has 3 aliphatic rings. The molecule has 2 aliphatic heterocycles. The van der Waals surface area contributed by atoms with Crippen LogP contribution in [0.2, 0.25) is 0 Å². The molecule has 1 aromatic carbocycles. The number of aliphatic hydroxyl groups excluding tert-OH is 1. The maximum absolute atomic E-state index is 13.3. The summed E-state index contributed by atoms with van der Waals surface area (Å²) in [5.74, 6) is 3.22. The zero-order valence-electron chi connectivity index (χ0n) is 17.7. The van der Waals surface area contributed by atoms with E-state index in [1.807, 2.05) is 11.8 Å². The second-order valence-electron chi connectivity index (χ2n) is 8.49. The van der Waals surface area contributed by atoms with Gasteiger partial charge in [0, 0.05) is 25.0 Å². The van der Waals surface area contributed by atoms with Crippen LogP contribution in [-0.4, -0.2) is 47.2 Å². The van der Waals surface area contributed by atoms with Crippen molar-refractivity contribution in [1.82, 2.24) is 10.5 Å². The van der Waals surface area contributed by atoms with Crippen LogP contribution in [0.3, 0.4) is 0 Å². The van der Waals surface area contributed by atoms with Crippen molar-refractivity contribution in [2.24, 2.45) is 11.8 Å². The number of allylic oxidation sites excluding steroid dienone is 2. The second-order valence-corrected chi connectivity index (χ2v) is 9.64. The maximum Gasteiger partial charge on any atom is 0.162 e. The lowest BCUT2D eigenvalue weighted by Crippen LogP contribution is -2.36. The standard InChI is InChI=1S/C23H31FN2O4S/c24-19-7-5-16(6-8-19)23-25-29-10-11-30-26(23)9-1-4-20-21(27)13-18(14-22(20)28)17-3-2-12-31-15-17/h5-8,17-18,23,25,27H,1-4,9-15H2. The van der Waals surface area contributed by atoms with Crippen molar-refractivity contribution in [3.63, 3.8) is 0 Å². The van der Waals surface area contributed by atoms with Gasteiger partial charge in [0.05, 0.1) is 19.0 Å². The van der Waals surface area contributed by atoms with Crippen LogP contribution in [0.5, 0.6) is 0 Å². The molecule has 31 heavy (non-hydrogen) atoms. The molecule has 170 valence electrons. The molecule has 2 N–H and O–H groups in total. The molecular formula is C23H31FN2O4S. The SMILES string of the molecule is O=C1CC(C2CCCSC2)CC(O)=C1CCCN1OCCONC1c1ccc(F)cc1. The summed E-state index contributed by atoms with van der Waals surface area (Å²) >= 11 is 1.97. The molecule has 2 saturated heterocycles. The molecule has 0 amide bonds. The monoisotopic (exact) mass is 450 g/mol. The lowest BCUT2D eigenvalue weighted by molar-refractivity contribution is -0.186. The Morgan fingerprint density at radius 3 is 2.77 bits per heavy atom. The first-order valence-electron chi connectivity index (χ1n) is 11.2. The highest BCUT2D eigenvalue weighted by Gasteiger charge is 2.33. The largest absolute Gasteiger partial charge is 0.512 e. The highest BCUT2D eigenvalue weighted by molar-refractivity contribution is 7.99. The van der Waals surface area contributed by atoms with Gasteiger partial charge < -0.3 is 5.11 Å². The third-order valence-electron chi connectivity index (χ3n) is 6.37. The average molecular weight is 451 g/mol. The first kappa shape index (κ1) is 22.7. The summed E-state index contributed by atoms with van der Waals surface area (Å²) in [5.41, 5.74) is 4.37. The Balaban J connectivity index is 1.35. The predicted octanol–water partition coefficient (Wildman–Crippen LogP) is 4.31. The van der Waals surface area contributed by atoms with Crippen molar-refractivity contribution in [2.75, 3.05) is 31.3 Å².